The smallest absolute Gasteiger partial charge is 0.337 e. The van der Waals surface area contributed by atoms with Crippen LogP contribution in [0.5, 0.6) is 11.8 Å². The van der Waals surface area contributed by atoms with Crippen LogP contribution in [0.15, 0.2) is 30.3 Å². The number of carbonyl (C=O) groups is 1. The number of ether oxygens (including phenoxy) is 3. The van der Waals surface area contributed by atoms with Gasteiger partial charge in [-0.2, -0.15) is 4.98 Å². The van der Waals surface area contributed by atoms with Crippen LogP contribution < -0.4 is 14.4 Å². The summed E-state index contributed by atoms with van der Waals surface area (Å²) in [6.07, 6.45) is 1.82. The first kappa shape index (κ1) is 33.7. The van der Waals surface area contributed by atoms with Gasteiger partial charge >= 0.3 is 5.97 Å². The van der Waals surface area contributed by atoms with Crippen molar-refractivity contribution in [3.05, 3.63) is 64.0 Å². The van der Waals surface area contributed by atoms with Gasteiger partial charge in [0.25, 0.3) is 0 Å². The van der Waals surface area contributed by atoms with E-state index in [1.54, 1.807) is 14.2 Å². The third-order valence-corrected chi connectivity index (χ3v) is 9.27. The Balaban J connectivity index is 1.54. The number of hydrogen-bond acceptors (Lipinski definition) is 8. The molecule has 0 saturated carbocycles. The number of benzene rings is 1. The molecule has 0 amide bonds. The molecule has 2 aliphatic heterocycles. The Kier molecular flexibility index (Phi) is 9.66. The van der Waals surface area contributed by atoms with Gasteiger partial charge in [-0.1, -0.05) is 32.0 Å². The third kappa shape index (κ3) is 7.31. The van der Waals surface area contributed by atoms with Crippen LogP contribution in [0.1, 0.15) is 87.2 Å². The number of carboxylic acids is 1. The second kappa shape index (κ2) is 13.2. The highest BCUT2D eigenvalue weighted by Gasteiger charge is 2.36. The van der Waals surface area contributed by atoms with Crippen molar-refractivity contribution in [2.75, 3.05) is 38.8 Å². The number of piperidine rings is 1. The quantitative estimate of drug-likeness (QED) is 0.271. The number of pyridine rings is 2. The van der Waals surface area contributed by atoms with Crippen LogP contribution >= 0.6 is 0 Å². The van der Waals surface area contributed by atoms with Crippen molar-refractivity contribution in [3.8, 4) is 22.9 Å². The molecule has 1 unspecified atom stereocenters. The topological polar surface area (TPSA) is 97.2 Å². The summed E-state index contributed by atoms with van der Waals surface area (Å²) in [6.45, 7) is 18.4. The molecule has 0 aliphatic carbocycles. The van der Waals surface area contributed by atoms with Crippen molar-refractivity contribution in [1.29, 1.82) is 0 Å². The van der Waals surface area contributed by atoms with Crippen molar-refractivity contribution in [1.82, 2.24) is 14.9 Å². The fraction of sp³-hybridized carbons (Fsp3) is 0.541. The van der Waals surface area contributed by atoms with E-state index >= 15 is 0 Å². The molecule has 4 heterocycles. The SMILES string of the molecule is COc1ccc(CN2CCc3cc(-c4c(C)nc(C)c(C(OC(C)(C)C)C(=O)O)c4N4CCC(C)(C)CC4)ccc3C2)c(OC)n1. The van der Waals surface area contributed by atoms with Gasteiger partial charge in [-0.05, 0) is 82.1 Å². The highest BCUT2D eigenvalue weighted by molar-refractivity contribution is 5.88. The summed E-state index contributed by atoms with van der Waals surface area (Å²) in [5.41, 5.74) is 8.50. The minimum absolute atomic E-state index is 0.242. The van der Waals surface area contributed by atoms with Gasteiger partial charge in [-0.25, -0.2) is 4.79 Å². The fourth-order valence-corrected chi connectivity index (χ4v) is 6.76. The molecule has 2 aliphatic rings. The zero-order chi connectivity index (χ0) is 33.4. The Bertz CT molecular complexity index is 1590. The van der Waals surface area contributed by atoms with Gasteiger partial charge in [0.2, 0.25) is 11.8 Å². The average molecular weight is 631 g/mol. The monoisotopic (exact) mass is 630 g/mol. The lowest BCUT2D eigenvalue weighted by atomic mass is 9.81. The number of aryl methyl sites for hydroxylation is 2. The Morgan fingerprint density at radius 3 is 2.33 bits per heavy atom. The second-order valence-corrected chi connectivity index (χ2v) is 14.5. The largest absolute Gasteiger partial charge is 0.481 e. The van der Waals surface area contributed by atoms with Crippen LogP contribution in [0.2, 0.25) is 0 Å². The molecular weight excluding hydrogens is 580 g/mol. The minimum Gasteiger partial charge on any atom is -0.481 e. The average Bonchev–Trinajstić information content (AvgIpc) is 2.99. The van der Waals surface area contributed by atoms with E-state index in [4.69, 9.17) is 19.2 Å². The van der Waals surface area contributed by atoms with Crippen molar-refractivity contribution in [2.45, 2.75) is 92.5 Å². The van der Waals surface area contributed by atoms with Crippen LogP contribution in [0.4, 0.5) is 5.69 Å². The normalized spacial score (nSPS) is 17.4. The predicted octanol–water partition coefficient (Wildman–Crippen LogP) is 6.90. The Morgan fingerprint density at radius 2 is 1.70 bits per heavy atom. The summed E-state index contributed by atoms with van der Waals surface area (Å²) < 4.78 is 17.1. The third-order valence-electron chi connectivity index (χ3n) is 9.27. The van der Waals surface area contributed by atoms with Crippen molar-refractivity contribution in [3.63, 3.8) is 0 Å². The van der Waals surface area contributed by atoms with E-state index in [1.807, 2.05) is 46.8 Å². The van der Waals surface area contributed by atoms with Crippen LogP contribution in [0.3, 0.4) is 0 Å². The molecule has 0 bridgehead atoms. The van der Waals surface area contributed by atoms with Gasteiger partial charge in [0, 0.05) is 66.9 Å². The van der Waals surface area contributed by atoms with E-state index < -0.39 is 17.7 Å². The minimum atomic E-state index is -1.13. The zero-order valence-electron chi connectivity index (χ0n) is 29.0. The maximum Gasteiger partial charge on any atom is 0.337 e. The molecule has 1 fully saturated rings. The number of aromatic nitrogens is 2. The van der Waals surface area contributed by atoms with Crippen LogP contribution in [-0.4, -0.2) is 65.4 Å². The van der Waals surface area contributed by atoms with E-state index in [9.17, 15) is 9.90 Å². The molecule has 248 valence electrons. The van der Waals surface area contributed by atoms with Gasteiger partial charge in [-0.15, -0.1) is 0 Å². The highest BCUT2D eigenvalue weighted by atomic mass is 16.5. The molecule has 1 aromatic carbocycles. The van der Waals surface area contributed by atoms with Crippen molar-refractivity contribution in [2.24, 2.45) is 5.41 Å². The van der Waals surface area contributed by atoms with Gasteiger partial charge in [0.05, 0.1) is 25.5 Å². The summed E-state index contributed by atoms with van der Waals surface area (Å²) in [5.74, 6) is 0.123. The summed E-state index contributed by atoms with van der Waals surface area (Å²) in [4.78, 5) is 27.0. The zero-order valence-corrected chi connectivity index (χ0v) is 29.0. The van der Waals surface area contributed by atoms with Gasteiger partial charge < -0.3 is 24.2 Å². The number of rotatable bonds is 9. The lowest BCUT2D eigenvalue weighted by Crippen LogP contribution is -2.39. The number of hydrogen-bond donors (Lipinski definition) is 1. The highest BCUT2D eigenvalue weighted by Crippen LogP contribution is 2.45. The summed E-state index contributed by atoms with van der Waals surface area (Å²) in [6, 6.07) is 10.6. The van der Waals surface area contributed by atoms with Gasteiger partial charge in [-0.3, -0.25) is 9.88 Å². The molecule has 1 saturated heterocycles. The molecule has 0 radical (unpaired) electrons. The van der Waals surface area contributed by atoms with Gasteiger partial charge in [0.15, 0.2) is 6.10 Å². The molecule has 5 rings (SSSR count). The predicted molar refractivity (Wildman–Crippen MR) is 181 cm³/mol. The summed E-state index contributed by atoms with van der Waals surface area (Å²) in [7, 11) is 3.24. The number of nitrogens with zero attached hydrogens (tertiary/aromatic N) is 4. The molecule has 3 aromatic rings. The number of fused-ring (bicyclic) bond motifs is 1. The first-order valence-corrected chi connectivity index (χ1v) is 16.3. The molecule has 1 atom stereocenters. The Labute approximate surface area is 273 Å². The van der Waals surface area contributed by atoms with E-state index in [-0.39, 0.29) is 5.41 Å². The number of carboxylic acid groups (broad SMARTS) is 1. The van der Waals surface area contributed by atoms with E-state index in [0.29, 0.717) is 23.0 Å². The van der Waals surface area contributed by atoms with Crippen molar-refractivity contribution < 1.29 is 24.1 Å². The van der Waals surface area contributed by atoms with Crippen LogP contribution in [0.25, 0.3) is 11.1 Å². The number of anilines is 1. The number of methoxy groups -OCH3 is 2. The molecule has 9 heteroatoms. The van der Waals surface area contributed by atoms with Gasteiger partial charge in [0.1, 0.15) is 0 Å². The molecule has 2 aromatic heterocycles. The molecule has 9 nitrogen and oxygen atoms in total. The lowest BCUT2D eigenvalue weighted by Gasteiger charge is -2.41. The molecule has 0 spiro atoms. The second-order valence-electron chi connectivity index (χ2n) is 14.5. The van der Waals surface area contributed by atoms with Crippen LogP contribution in [0, 0.1) is 19.3 Å². The summed E-state index contributed by atoms with van der Waals surface area (Å²) in [5, 5.41) is 10.5. The van der Waals surface area contributed by atoms with E-state index in [1.165, 1.54) is 11.1 Å². The lowest BCUT2D eigenvalue weighted by molar-refractivity contribution is -0.160. The molecule has 1 N–H and O–H groups in total. The standard InChI is InChI=1S/C37H50N4O5/c1-23-30(26-10-11-27-21-40(17-14-25(27)20-26)22-28-12-13-29(44-8)39-34(28)45-9)32(41-18-15-37(6,7)16-19-41)31(24(2)38-23)33(35(42)43)46-36(3,4)5/h10-13,20,33H,14-19,21-22H2,1-9H3,(H,42,43). The fourth-order valence-electron chi connectivity index (χ4n) is 6.76. The van der Waals surface area contributed by atoms with E-state index in [2.05, 4.69) is 46.8 Å². The maximum atomic E-state index is 12.8. The Morgan fingerprint density at radius 1 is 0.978 bits per heavy atom. The number of aliphatic carboxylic acids is 1. The molecular formula is C37H50N4O5. The van der Waals surface area contributed by atoms with Crippen LogP contribution in [-0.2, 0) is 29.0 Å². The first-order chi connectivity index (χ1) is 21.7. The Hall–Kier alpha value is -3.69. The molecule has 46 heavy (non-hydrogen) atoms. The first-order valence-electron chi connectivity index (χ1n) is 16.3. The summed E-state index contributed by atoms with van der Waals surface area (Å²) >= 11 is 0. The van der Waals surface area contributed by atoms with E-state index in [0.717, 1.165) is 80.1 Å². The van der Waals surface area contributed by atoms with Crippen molar-refractivity contribution >= 4 is 11.7 Å². The maximum absolute atomic E-state index is 12.8.